The van der Waals surface area contributed by atoms with Gasteiger partial charge in [0, 0.05) is 30.9 Å². The van der Waals surface area contributed by atoms with E-state index in [1.165, 1.54) is 6.26 Å². The fourth-order valence-corrected chi connectivity index (χ4v) is 4.60. The van der Waals surface area contributed by atoms with Gasteiger partial charge in [0.15, 0.2) is 9.84 Å². The molecule has 0 aromatic rings. The summed E-state index contributed by atoms with van der Waals surface area (Å²) < 4.78 is 23.1. The summed E-state index contributed by atoms with van der Waals surface area (Å²) in [5.41, 5.74) is 0. The van der Waals surface area contributed by atoms with E-state index in [1.54, 1.807) is 23.6 Å². The van der Waals surface area contributed by atoms with Gasteiger partial charge in [-0.3, -0.25) is 9.69 Å². The van der Waals surface area contributed by atoms with Gasteiger partial charge < -0.3 is 5.11 Å². The summed E-state index contributed by atoms with van der Waals surface area (Å²) in [6.07, 6.45) is 1.21. The number of carboxylic acid groups (broad SMARTS) is 1. The standard InChI is InChI=1S/C9H17NO4S2/c1-7(9(11)12)5-10-3-4-15-6-8(10)16(2,13)14/h7-8H,3-6H2,1-2H3,(H,11,12). The molecule has 7 heteroatoms. The van der Waals surface area contributed by atoms with Crippen molar-refractivity contribution in [2.24, 2.45) is 5.92 Å². The number of thioether (sulfide) groups is 1. The minimum Gasteiger partial charge on any atom is -0.481 e. The average Bonchev–Trinajstić information content (AvgIpc) is 2.16. The lowest BCUT2D eigenvalue weighted by Crippen LogP contribution is -2.49. The van der Waals surface area contributed by atoms with Crippen LogP contribution >= 0.6 is 11.8 Å². The molecular formula is C9H17NO4S2. The Hall–Kier alpha value is -0.270. The molecule has 0 spiro atoms. The van der Waals surface area contributed by atoms with Crippen molar-refractivity contribution >= 4 is 27.6 Å². The maximum Gasteiger partial charge on any atom is 0.307 e. The quantitative estimate of drug-likeness (QED) is 0.780. The molecule has 5 nitrogen and oxygen atoms in total. The van der Waals surface area contributed by atoms with Crippen LogP contribution in [0.4, 0.5) is 0 Å². The third kappa shape index (κ3) is 3.64. The molecule has 0 saturated carbocycles. The van der Waals surface area contributed by atoms with E-state index in [0.717, 1.165) is 5.75 Å². The zero-order valence-electron chi connectivity index (χ0n) is 9.42. The van der Waals surface area contributed by atoms with Crippen LogP contribution in [0.15, 0.2) is 0 Å². The van der Waals surface area contributed by atoms with E-state index in [0.29, 0.717) is 18.8 Å². The molecule has 2 unspecified atom stereocenters. The molecular weight excluding hydrogens is 250 g/mol. The second-order valence-corrected chi connectivity index (χ2v) is 7.45. The molecule has 0 amide bonds. The van der Waals surface area contributed by atoms with Gasteiger partial charge in [-0.1, -0.05) is 6.92 Å². The molecule has 0 aromatic heterocycles. The molecule has 1 aliphatic heterocycles. The number of hydrogen-bond acceptors (Lipinski definition) is 5. The summed E-state index contributed by atoms with van der Waals surface area (Å²) in [5.74, 6) is -0.0263. The molecule has 2 atom stereocenters. The fraction of sp³-hybridized carbons (Fsp3) is 0.889. The van der Waals surface area contributed by atoms with Crippen molar-refractivity contribution in [2.45, 2.75) is 12.3 Å². The molecule has 1 aliphatic rings. The van der Waals surface area contributed by atoms with Gasteiger partial charge in [0.2, 0.25) is 0 Å². The Morgan fingerprint density at radius 3 is 2.75 bits per heavy atom. The third-order valence-electron chi connectivity index (χ3n) is 2.61. The van der Waals surface area contributed by atoms with Crippen molar-refractivity contribution < 1.29 is 18.3 Å². The molecule has 0 bridgehead atoms. The van der Waals surface area contributed by atoms with E-state index < -0.39 is 27.1 Å². The van der Waals surface area contributed by atoms with Crippen LogP contribution in [0.2, 0.25) is 0 Å². The topological polar surface area (TPSA) is 74.7 Å². The highest BCUT2D eigenvalue weighted by molar-refractivity contribution is 8.00. The summed E-state index contributed by atoms with van der Waals surface area (Å²) in [6, 6.07) is 0. The molecule has 0 aromatic carbocycles. The maximum absolute atomic E-state index is 11.5. The highest BCUT2D eigenvalue weighted by Gasteiger charge is 2.32. The van der Waals surface area contributed by atoms with Gasteiger partial charge in [-0.05, 0) is 0 Å². The van der Waals surface area contributed by atoms with Crippen molar-refractivity contribution in [1.82, 2.24) is 4.90 Å². The van der Waals surface area contributed by atoms with Gasteiger partial charge in [-0.25, -0.2) is 8.42 Å². The van der Waals surface area contributed by atoms with E-state index in [4.69, 9.17) is 5.11 Å². The van der Waals surface area contributed by atoms with Crippen LogP contribution in [-0.2, 0) is 14.6 Å². The second kappa shape index (κ2) is 5.37. The largest absolute Gasteiger partial charge is 0.481 e. The SMILES string of the molecule is CC(CN1CCSCC1S(C)(=O)=O)C(=O)O. The highest BCUT2D eigenvalue weighted by atomic mass is 32.2. The van der Waals surface area contributed by atoms with E-state index in [2.05, 4.69) is 0 Å². The van der Waals surface area contributed by atoms with Crippen LogP contribution in [0.3, 0.4) is 0 Å². The Balaban J connectivity index is 2.72. The molecule has 1 fully saturated rings. The summed E-state index contributed by atoms with van der Waals surface area (Å²) in [6.45, 7) is 2.54. The Morgan fingerprint density at radius 1 is 1.62 bits per heavy atom. The minimum absolute atomic E-state index is 0.299. The lowest BCUT2D eigenvalue weighted by Gasteiger charge is -2.34. The lowest BCUT2D eigenvalue weighted by molar-refractivity contribution is -0.141. The molecule has 1 rings (SSSR count). The van der Waals surface area contributed by atoms with E-state index >= 15 is 0 Å². The Labute approximate surface area is 100 Å². The monoisotopic (exact) mass is 267 g/mol. The Bertz CT molecular complexity index is 355. The van der Waals surface area contributed by atoms with Crippen LogP contribution < -0.4 is 0 Å². The normalized spacial score (nSPS) is 25.2. The fourth-order valence-electron chi connectivity index (χ4n) is 1.65. The first-order valence-corrected chi connectivity index (χ1v) is 8.16. The van der Waals surface area contributed by atoms with Crippen molar-refractivity contribution in [1.29, 1.82) is 0 Å². The number of hydrogen-bond donors (Lipinski definition) is 1. The first-order valence-electron chi connectivity index (χ1n) is 5.06. The Morgan fingerprint density at radius 2 is 2.25 bits per heavy atom. The maximum atomic E-state index is 11.5. The van der Waals surface area contributed by atoms with E-state index in [-0.39, 0.29) is 0 Å². The number of carboxylic acids is 1. The average molecular weight is 267 g/mol. The van der Waals surface area contributed by atoms with Crippen LogP contribution in [0.5, 0.6) is 0 Å². The van der Waals surface area contributed by atoms with Gasteiger partial charge >= 0.3 is 5.97 Å². The smallest absolute Gasteiger partial charge is 0.307 e. The summed E-state index contributed by atoms with van der Waals surface area (Å²) >= 11 is 1.60. The minimum atomic E-state index is -3.13. The molecule has 1 saturated heterocycles. The van der Waals surface area contributed by atoms with Gasteiger partial charge in [0.1, 0.15) is 5.37 Å². The highest BCUT2D eigenvalue weighted by Crippen LogP contribution is 2.21. The van der Waals surface area contributed by atoms with E-state index in [1.807, 2.05) is 0 Å². The van der Waals surface area contributed by atoms with Gasteiger partial charge in [-0.15, -0.1) is 0 Å². The van der Waals surface area contributed by atoms with Crippen LogP contribution in [0.1, 0.15) is 6.92 Å². The molecule has 0 radical (unpaired) electrons. The molecule has 94 valence electrons. The predicted octanol–water partition coefficient (Wildman–Crippen LogP) is 0.127. The van der Waals surface area contributed by atoms with Crippen molar-refractivity contribution in [2.75, 3.05) is 30.9 Å². The second-order valence-electron chi connectivity index (χ2n) is 4.09. The van der Waals surface area contributed by atoms with Gasteiger partial charge in [0.05, 0.1) is 5.92 Å². The van der Waals surface area contributed by atoms with Crippen LogP contribution in [-0.4, -0.2) is 60.6 Å². The molecule has 16 heavy (non-hydrogen) atoms. The zero-order valence-corrected chi connectivity index (χ0v) is 11.1. The number of carbonyl (C=O) groups is 1. The van der Waals surface area contributed by atoms with Crippen molar-refractivity contribution in [3.8, 4) is 0 Å². The number of sulfone groups is 1. The van der Waals surface area contributed by atoms with Crippen molar-refractivity contribution in [3.05, 3.63) is 0 Å². The summed E-state index contributed by atoms with van der Waals surface area (Å²) in [7, 11) is -3.13. The van der Waals surface area contributed by atoms with Crippen LogP contribution in [0.25, 0.3) is 0 Å². The summed E-state index contributed by atoms with van der Waals surface area (Å²) in [5, 5.41) is 8.29. The first kappa shape index (κ1) is 13.8. The van der Waals surface area contributed by atoms with Crippen molar-refractivity contribution in [3.63, 3.8) is 0 Å². The first-order chi connectivity index (χ1) is 7.32. The number of aliphatic carboxylic acids is 1. The summed E-state index contributed by atoms with van der Waals surface area (Å²) in [4.78, 5) is 12.5. The van der Waals surface area contributed by atoms with E-state index in [9.17, 15) is 13.2 Å². The lowest BCUT2D eigenvalue weighted by atomic mass is 10.2. The molecule has 1 heterocycles. The molecule has 1 N–H and O–H groups in total. The van der Waals surface area contributed by atoms with Gasteiger partial charge in [-0.2, -0.15) is 11.8 Å². The number of rotatable bonds is 4. The van der Waals surface area contributed by atoms with Gasteiger partial charge in [0.25, 0.3) is 0 Å². The zero-order chi connectivity index (χ0) is 12.3. The Kier molecular flexibility index (Phi) is 4.63. The molecule has 0 aliphatic carbocycles. The van der Waals surface area contributed by atoms with Crippen LogP contribution in [0, 0.1) is 5.92 Å². The number of nitrogens with zero attached hydrogens (tertiary/aromatic N) is 1. The third-order valence-corrected chi connectivity index (χ3v) is 5.30. The predicted molar refractivity (Wildman–Crippen MR) is 64.3 cm³/mol.